The van der Waals surface area contributed by atoms with Crippen molar-refractivity contribution in [1.82, 2.24) is 10.3 Å². The van der Waals surface area contributed by atoms with Gasteiger partial charge in [0.05, 0.1) is 19.4 Å². The molecule has 2 heterocycles. The molecule has 2 aromatic rings. The summed E-state index contributed by atoms with van der Waals surface area (Å²) in [5.41, 5.74) is 13.3. The average Bonchev–Trinajstić information content (AvgIpc) is 2.78. The third-order valence-corrected chi connectivity index (χ3v) is 4.51. The number of benzene rings is 1. The average molecular weight is 436 g/mol. The molecule has 0 aliphatic carbocycles. The van der Waals surface area contributed by atoms with Crippen LogP contribution in [-0.2, 0) is 9.53 Å². The highest BCUT2D eigenvalue weighted by Gasteiger charge is 2.30. The molecule has 12 heteroatoms. The van der Waals surface area contributed by atoms with Gasteiger partial charge < -0.3 is 31.0 Å². The van der Waals surface area contributed by atoms with E-state index in [0.29, 0.717) is 29.2 Å². The van der Waals surface area contributed by atoms with Gasteiger partial charge >= 0.3 is 5.97 Å². The number of pyridine rings is 1. The zero-order valence-electron chi connectivity index (χ0n) is 17.3. The normalized spacial score (nSPS) is 14.0. The van der Waals surface area contributed by atoms with E-state index in [9.17, 15) is 10.1 Å². The van der Waals surface area contributed by atoms with E-state index in [2.05, 4.69) is 25.3 Å². The standard InChI is InChI=1S/C20H20N8O4/c1-3-31-13-6-10(4-5-12(13)32-8-14(29)30-2)17-15-16(23)11(7-21)18(24)27-19(15)28-20(26-17)25-9-22/h4-6,17H,3,8H2,1-2H3,(H6,23,24,25,26,27,28). The van der Waals surface area contributed by atoms with E-state index in [1.54, 1.807) is 31.3 Å². The van der Waals surface area contributed by atoms with Crippen molar-refractivity contribution < 1.29 is 19.0 Å². The van der Waals surface area contributed by atoms with Crippen molar-refractivity contribution >= 4 is 29.3 Å². The maximum Gasteiger partial charge on any atom is 0.343 e. The van der Waals surface area contributed by atoms with Gasteiger partial charge in [0.2, 0.25) is 5.96 Å². The van der Waals surface area contributed by atoms with Crippen molar-refractivity contribution in [2.45, 2.75) is 13.0 Å². The molecule has 0 spiro atoms. The van der Waals surface area contributed by atoms with Crippen molar-refractivity contribution in [3.8, 4) is 23.8 Å². The number of fused-ring (bicyclic) bond motifs is 1. The fourth-order valence-electron chi connectivity index (χ4n) is 3.10. The van der Waals surface area contributed by atoms with E-state index < -0.39 is 12.0 Å². The predicted octanol–water partition coefficient (Wildman–Crippen LogP) is 1.01. The van der Waals surface area contributed by atoms with Gasteiger partial charge in [-0.1, -0.05) is 6.07 Å². The van der Waals surface area contributed by atoms with Gasteiger partial charge in [0.1, 0.15) is 29.3 Å². The Morgan fingerprint density at radius 2 is 2.06 bits per heavy atom. The largest absolute Gasteiger partial charge is 0.490 e. The Labute approximate surface area is 183 Å². The molecule has 0 saturated heterocycles. The van der Waals surface area contributed by atoms with E-state index in [1.165, 1.54) is 7.11 Å². The van der Waals surface area contributed by atoms with Crippen LogP contribution in [-0.4, -0.2) is 37.2 Å². The second-order valence-corrected chi connectivity index (χ2v) is 6.41. The number of carbonyl (C=O) groups is 1. The van der Waals surface area contributed by atoms with E-state index in [0.717, 1.165) is 0 Å². The molecule has 3 rings (SSSR count). The number of hydrogen-bond donors (Lipinski definition) is 4. The highest BCUT2D eigenvalue weighted by atomic mass is 16.6. The Balaban J connectivity index is 2.11. The second kappa shape index (κ2) is 9.40. The van der Waals surface area contributed by atoms with Gasteiger partial charge in [-0.15, -0.1) is 0 Å². The summed E-state index contributed by atoms with van der Waals surface area (Å²) in [5.74, 6) is 0.499. The van der Waals surface area contributed by atoms with Crippen LogP contribution in [0, 0.1) is 22.8 Å². The van der Waals surface area contributed by atoms with E-state index in [4.69, 9.17) is 26.2 Å². The number of methoxy groups -OCH3 is 1. The first-order valence-electron chi connectivity index (χ1n) is 9.38. The SMILES string of the molecule is CCOc1cc(C2N=C(NC#N)Nc3nc(N)c(C#N)c(N)c32)ccc1OCC(=O)OC. The number of nitrogen functional groups attached to an aromatic ring is 2. The van der Waals surface area contributed by atoms with Gasteiger partial charge in [-0.05, 0) is 24.6 Å². The Kier molecular flexibility index (Phi) is 6.46. The van der Waals surface area contributed by atoms with Crippen LogP contribution >= 0.6 is 0 Å². The number of carbonyl (C=O) groups excluding carboxylic acids is 1. The van der Waals surface area contributed by atoms with E-state index >= 15 is 0 Å². The lowest BCUT2D eigenvalue weighted by Crippen LogP contribution is -2.32. The Morgan fingerprint density at radius 1 is 1.28 bits per heavy atom. The number of nitrogens with two attached hydrogens (primary N) is 2. The quantitative estimate of drug-likeness (QED) is 0.287. The number of anilines is 3. The predicted molar refractivity (Wildman–Crippen MR) is 115 cm³/mol. The number of hydrogen-bond acceptors (Lipinski definition) is 12. The molecule has 1 unspecified atom stereocenters. The first-order valence-corrected chi connectivity index (χ1v) is 9.38. The Hall–Kier alpha value is -4.71. The molecule has 32 heavy (non-hydrogen) atoms. The lowest BCUT2D eigenvalue weighted by Gasteiger charge is -2.26. The zero-order valence-corrected chi connectivity index (χ0v) is 17.3. The minimum Gasteiger partial charge on any atom is -0.490 e. The second-order valence-electron chi connectivity index (χ2n) is 6.41. The van der Waals surface area contributed by atoms with Crippen LogP contribution in [0.25, 0.3) is 0 Å². The molecule has 1 aromatic carbocycles. The third-order valence-electron chi connectivity index (χ3n) is 4.51. The van der Waals surface area contributed by atoms with Crippen molar-refractivity contribution in [1.29, 1.82) is 10.5 Å². The fraction of sp³-hybridized carbons (Fsp3) is 0.250. The molecule has 1 aliphatic rings. The molecule has 1 atom stereocenters. The minimum absolute atomic E-state index is 0.0329. The monoisotopic (exact) mass is 436 g/mol. The van der Waals surface area contributed by atoms with Gasteiger partial charge in [0.25, 0.3) is 0 Å². The third kappa shape index (κ3) is 4.24. The first-order chi connectivity index (χ1) is 15.4. The summed E-state index contributed by atoms with van der Waals surface area (Å²) in [5, 5.41) is 23.7. The number of nitrogens with zero attached hydrogens (tertiary/aromatic N) is 4. The number of aliphatic imine (C=N–C) groups is 1. The van der Waals surface area contributed by atoms with Gasteiger partial charge in [0, 0.05) is 5.56 Å². The van der Waals surface area contributed by atoms with Crippen LogP contribution in [0.5, 0.6) is 11.5 Å². The summed E-state index contributed by atoms with van der Waals surface area (Å²) in [6, 6.07) is 6.20. The van der Waals surface area contributed by atoms with Gasteiger partial charge in [-0.2, -0.15) is 10.5 Å². The van der Waals surface area contributed by atoms with E-state index in [-0.39, 0.29) is 35.5 Å². The summed E-state index contributed by atoms with van der Waals surface area (Å²) < 4.78 is 15.7. The maximum absolute atomic E-state index is 11.4. The summed E-state index contributed by atoms with van der Waals surface area (Å²) in [6.45, 7) is 1.85. The summed E-state index contributed by atoms with van der Waals surface area (Å²) in [6.07, 6.45) is 1.79. The molecule has 0 amide bonds. The molecule has 1 aliphatic heterocycles. The summed E-state index contributed by atoms with van der Waals surface area (Å²) in [4.78, 5) is 20.1. The van der Waals surface area contributed by atoms with Gasteiger partial charge in [-0.25, -0.2) is 14.8 Å². The Morgan fingerprint density at radius 3 is 2.72 bits per heavy atom. The van der Waals surface area contributed by atoms with Crippen molar-refractivity contribution in [2.24, 2.45) is 4.99 Å². The topological polar surface area (TPSA) is 194 Å². The molecule has 6 N–H and O–H groups in total. The van der Waals surface area contributed by atoms with Crippen LogP contribution in [0.1, 0.15) is 29.7 Å². The molecular weight excluding hydrogens is 416 g/mol. The molecular formula is C20H20N8O4. The van der Waals surface area contributed by atoms with Gasteiger partial charge in [-0.3, -0.25) is 5.32 Å². The lowest BCUT2D eigenvalue weighted by atomic mass is 9.95. The number of nitrogens with one attached hydrogen (secondary N) is 2. The molecule has 0 bridgehead atoms. The van der Waals surface area contributed by atoms with E-state index in [1.807, 2.05) is 6.07 Å². The number of aromatic nitrogens is 1. The van der Waals surface area contributed by atoms with Crippen LogP contribution in [0.3, 0.4) is 0 Å². The lowest BCUT2D eigenvalue weighted by molar-refractivity contribution is -0.142. The molecule has 164 valence electrons. The summed E-state index contributed by atoms with van der Waals surface area (Å²) in [7, 11) is 1.26. The zero-order chi connectivity index (χ0) is 23.3. The highest BCUT2D eigenvalue weighted by Crippen LogP contribution is 2.42. The number of guanidine groups is 1. The fourth-order valence-corrected chi connectivity index (χ4v) is 3.10. The minimum atomic E-state index is -0.740. The number of rotatable bonds is 6. The first kappa shape index (κ1) is 22.0. The molecule has 12 nitrogen and oxygen atoms in total. The molecule has 0 radical (unpaired) electrons. The summed E-state index contributed by atoms with van der Waals surface area (Å²) >= 11 is 0. The van der Waals surface area contributed by atoms with Crippen LogP contribution in [0.4, 0.5) is 17.3 Å². The molecule has 1 aromatic heterocycles. The van der Waals surface area contributed by atoms with Crippen LogP contribution in [0.15, 0.2) is 23.2 Å². The molecule has 0 saturated carbocycles. The van der Waals surface area contributed by atoms with Crippen LogP contribution < -0.4 is 31.6 Å². The van der Waals surface area contributed by atoms with Crippen molar-refractivity contribution in [3.63, 3.8) is 0 Å². The number of ether oxygens (including phenoxy) is 3. The number of esters is 1. The Bertz CT molecular complexity index is 1170. The van der Waals surface area contributed by atoms with Crippen molar-refractivity contribution in [2.75, 3.05) is 37.1 Å². The van der Waals surface area contributed by atoms with Gasteiger partial charge in [0.15, 0.2) is 24.3 Å². The van der Waals surface area contributed by atoms with Crippen LogP contribution in [0.2, 0.25) is 0 Å². The maximum atomic E-state index is 11.4. The van der Waals surface area contributed by atoms with Crippen molar-refractivity contribution in [3.05, 3.63) is 34.9 Å². The highest BCUT2D eigenvalue weighted by molar-refractivity contribution is 5.98. The number of nitriles is 2. The molecule has 0 fully saturated rings. The smallest absolute Gasteiger partial charge is 0.343 e.